The van der Waals surface area contributed by atoms with E-state index >= 15 is 0 Å². The van der Waals surface area contributed by atoms with E-state index in [4.69, 9.17) is 25.8 Å². The number of amides is 1. The lowest BCUT2D eigenvalue weighted by atomic mass is 10.2. The summed E-state index contributed by atoms with van der Waals surface area (Å²) in [5.41, 5.74) is 0. The number of hydrogen-bond donors (Lipinski definition) is 1. The number of benzene rings is 1. The first-order valence-corrected chi connectivity index (χ1v) is 11.3. The highest BCUT2D eigenvalue weighted by Crippen LogP contribution is 2.27. The van der Waals surface area contributed by atoms with Gasteiger partial charge in [-0.15, -0.1) is 0 Å². The van der Waals surface area contributed by atoms with E-state index in [9.17, 15) is 18.0 Å². The number of halogens is 1. The minimum absolute atomic E-state index is 0.0171. The van der Waals surface area contributed by atoms with Crippen LogP contribution >= 0.6 is 11.6 Å². The van der Waals surface area contributed by atoms with Gasteiger partial charge in [0.25, 0.3) is 5.91 Å². The normalized spacial score (nSPS) is 16.4. The Labute approximate surface area is 189 Å². The number of carbonyl (C=O) groups excluding carboxylic acids is 2. The van der Waals surface area contributed by atoms with E-state index in [2.05, 4.69) is 15.3 Å². The first-order chi connectivity index (χ1) is 15.2. The van der Waals surface area contributed by atoms with E-state index in [0.29, 0.717) is 11.4 Å². The average molecular weight is 485 g/mol. The third kappa shape index (κ3) is 5.44. The van der Waals surface area contributed by atoms with E-state index in [1.54, 1.807) is 0 Å². The summed E-state index contributed by atoms with van der Waals surface area (Å²) in [6.07, 6.45) is 0.764. The zero-order valence-electron chi connectivity index (χ0n) is 17.3. The second kappa shape index (κ2) is 10.1. The molecule has 13 heteroatoms. The molecule has 1 N–H and O–H groups in total. The van der Waals surface area contributed by atoms with E-state index in [-0.39, 0.29) is 35.6 Å². The van der Waals surface area contributed by atoms with Gasteiger partial charge >= 0.3 is 5.97 Å². The number of aromatic nitrogens is 2. The van der Waals surface area contributed by atoms with Crippen LogP contribution in [0.25, 0.3) is 0 Å². The number of carbonyl (C=O) groups is 2. The van der Waals surface area contributed by atoms with E-state index in [0.717, 1.165) is 4.31 Å². The standard InChI is InChI=1S/C19H21ClN4O7S/c1-29-16-10-17(30-2)23-19(22-16)21-15(25)11-31-18(26)14-4-3-9-24(14)32(27,28)13-7-5-12(20)6-8-13/h5-8,10,14H,3-4,9,11H2,1-2H3,(H,21,22,23,25)/t14-/m0/s1. The predicted molar refractivity (Wildman–Crippen MR) is 113 cm³/mol. The molecule has 1 saturated heterocycles. The SMILES string of the molecule is COc1cc(OC)nc(NC(=O)COC(=O)[C@@H]2CCCN2S(=O)(=O)c2ccc(Cl)cc2)n1. The van der Waals surface area contributed by atoms with Crippen molar-refractivity contribution in [3.8, 4) is 11.8 Å². The summed E-state index contributed by atoms with van der Waals surface area (Å²) in [5.74, 6) is -1.30. The van der Waals surface area contributed by atoms with Gasteiger partial charge in [-0.1, -0.05) is 11.6 Å². The highest BCUT2D eigenvalue weighted by molar-refractivity contribution is 7.89. The largest absolute Gasteiger partial charge is 0.481 e. The van der Waals surface area contributed by atoms with Gasteiger partial charge in [-0.2, -0.15) is 14.3 Å². The van der Waals surface area contributed by atoms with Crippen LogP contribution in [0.4, 0.5) is 5.95 Å². The second-order valence-corrected chi connectivity index (χ2v) is 8.99. The van der Waals surface area contributed by atoms with Gasteiger partial charge in [0.05, 0.1) is 25.2 Å². The predicted octanol–water partition coefficient (Wildman–Crippen LogP) is 1.48. The molecule has 0 aliphatic carbocycles. The number of ether oxygens (including phenoxy) is 3. The summed E-state index contributed by atoms with van der Waals surface area (Å²) in [6, 6.07) is 6.04. The Kier molecular flexibility index (Phi) is 7.48. The molecule has 1 fully saturated rings. The molecule has 1 aromatic heterocycles. The average Bonchev–Trinajstić information content (AvgIpc) is 3.28. The van der Waals surface area contributed by atoms with Gasteiger partial charge in [0.2, 0.25) is 27.7 Å². The van der Waals surface area contributed by atoms with Crippen molar-refractivity contribution in [2.75, 3.05) is 32.7 Å². The van der Waals surface area contributed by atoms with Gasteiger partial charge in [0.1, 0.15) is 6.04 Å². The highest BCUT2D eigenvalue weighted by Gasteiger charge is 2.40. The second-order valence-electron chi connectivity index (χ2n) is 6.66. The molecule has 11 nitrogen and oxygen atoms in total. The van der Waals surface area contributed by atoms with E-state index in [1.165, 1.54) is 44.6 Å². The molecule has 1 aliphatic rings. The fraction of sp³-hybridized carbons (Fsp3) is 0.368. The number of rotatable bonds is 8. The fourth-order valence-corrected chi connectivity index (χ4v) is 4.84. The van der Waals surface area contributed by atoms with E-state index in [1.807, 2.05) is 0 Å². The molecule has 0 spiro atoms. The lowest BCUT2D eigenvalue weighted by Gasteiger charge is -2.22. The molecule has 0 radical (unpaired) electrons. The van der Waals surface area contributed by atoms with Crippen molar-refractivity contribution in [1.82, 2.24) is 14.3 Å². The summed E-state index contributed by atoms with van der Waals surface area (Å²) in [5, 5.41) is 2.76. The molecular formula is C19H21ClN4O7S. The molecule has 1 atom stereocenters. The maximum atomic E-state index is 12.9. The number of hydrogen-bond acceptors (Lipinski definition) is 9. The van der Waals surface area contributed by atoms with Crippen LogP contribution in [0.2, 0.25) is 5.02 Å². The zero-order chi connectivity index (χ0) is 23.3. The van der Waals surface area contributed by atoms with Crippen LogP contribution < -0.4 is 14.8 Å². The Hall–Kier alpha value is -2.96. The zero-order valence-corrected chi connectivity index (χ0v) is 18.9. The van der Waals surface area contributed by atoms with Gasteiger partial charge in [-0.05, 0) is 37.1 Å². The smallest absolute Gasteiger partial charge is 0.324 e. The van der Waals surface area contributed by atoms with Gasteiger partial charge in [-0.25, -0.2) is 8.42 Å². The minimum atomic E-state index is -3.93. The summed E-state index contributed by atoms with van der Waals surface area (Å²) in [4.78, 5) is 32.6. The maximum Gasteiger partial charge on any atom is 0.324 e. The maximum absolute atomic E-state index is 12.9. The van der Waals surface area contributed by atoms with Crippen molar-refractivity contribution in [1.29, 1.82) is 0 Å². The molecule has 0 bridgehead atoms. The molecule has 1 aliphatic heterocycles. The Morgan fingerprint density at radius 2 is 1.78 bits per heavy atom. The molecule has 32 heavy (non-hydrogen) atoms. The third-order valence-electron chi connectivity index (χ3n) is 4.59. The Bertz CT molecular complexity index is 1070. The molecular weight excluding hydrogens is 464 g/mol. The minimum Gasteiger partial charge on any atom is -0.481 e. The molecule has 172 valence electrons. The number of nitrogens with one attached hydrogen (secondary N) is 1. The first-order valence-electron chi connectivity index (χ1n) is 9.45. The molecule has 2 heterocycles. The quantitative estimate of drug-likeness (QED) is 0.552. The summed E-state index contributed by atoms with van der Waals surface area (Å²) in [6.45, 7) is -0.485. The van der Waals surface area contributed by atoms with Gasteiger partial charge < -0.3 is 14.2 Å². The van der Waals surface area contributed by atoms with Gasteiger partial charge in [0.15, 0.2) is 6.61 Å². The van der Waals surface area contributed by atoms with Crippen LogP contribution in [0.5, 0.6) is 11.8 Å². The summed E-state index contributed by atoms with van der Waals surface area (Å²) < 4.78 is 42.0. The Balaban J connectivity index is 1.63. The van der Waals surface area contributed by atoms with Crippen molar-refractivity contribution >= 4 is 39.4 Å². The van der Waals surface area contributed by atoms with E-state index < -0.39 is 34.5 Å². The third-order valence-corrected chi connectivity index (χ3v) is 6.76. The van der Waals surface area contributed by atoms with Gasteiger partial charge in [0, 0.05) is 11.6 Å². The van der Waals surface area contributed by atoms with Crippen molar-refractivity contribution in [3.05, 3.63) is 35.4 Å². The summed E-state index contributed by atoms with van der Waals surface area (Å²) >= 11 is 5.82. The van der Waals surface area contributed by atoms with Crippen molar-refractivity contribution in [2.45, 2.75) is 23.8 Å². The van der Waals surface area contributed by atoms with Crippen LogP contribution in [0.3, 0.4) is 0 Å². The molecule has 0 saturated carbocycles. The molecule has 0 unspecified atom stereocenters. The van der Waals surface area contributed by atoms with Crippen LogP contribution in [-0.4, -0.2) is 68.0 Å². The van der Waals surface area contributed by atoms with Crippen LogP contribution in [-0.2, 0) is 24.3 Å². The molecule has 1 amide bonds. The molecule has 2 aromatic rings. The summed E-state index contributed by atoms with van der Waals surface area (Å²) in [7, 11) is -1.15. The number of anilines is 1. The number of methoxy groups -OCH3 is 2. The Morgan fingerprint density at radius 3 is 2.38 bits per heavy atom. The lowest BCUT2D eigenvalue weighted by molar-refractivity contribution is -0.150. The van der Waals surface area contributed by atoms with Crippen molar-refractivity contribution in [2.24, 2.45) is 0 Å². The monoisotopic (exact) mass is 484 g/mol. The number of sulfonamides is 1. The number of nitrogens with zero attached hydrogens (tertiary/aromatic N) is 3. The molecule has 3 rings (SSSR count). The van der Waals surface area contributed by atoms with Crippen LogP contribution in [0, 0.1) is 0 Å². The fourth-order valence-electron chi connectivity index (χ4n) is 3.07. The topological polar surface area (TPSA) is 137 Å². The van der Waals surface area contributed by atoms with Gasteiger partial charge in [-0.3, -0.25) is 14.9 Å². The molecule has 1 aromatic carbocycles. The lowest BCUT2D eigenvalue weighted by Crippen LogP contribution is -2.42. The van der Waals surface area contributed by atoms with Crippen molar-refractivity contribution < 1.29 is 32.2 Å². The van der Waals surface area contributed by atoms with Crippen molar-refractivity contribution in [3.63, 3.8) is 0 Å². The number of esters is 1. The highest BCUT2D eigenvalue weighted by atomic mass is 35.5. The van der Waals surface area contributed by atoms with Crippen LogP contribution in [0.1, 0.15) is 12.8 Å². The van der Waals surface area contributed by atoms with Crippen LogP contribution in [0.15, 0.2) is 35.2 Å². The Morgan fingerprint density at radius 1 is 1.16 bits per heavy atom. The first kappa shape index (κ1) is 23.7.